The Hall–Kier alpha value is -3.01. The lowest BCUT2D eigenvalue weighted by molar-refractivity contribution is 0.0944. The largest absolute Gasteiger partial charge is 0.493 e. The fourth-order valence-corrected chi connectivity index (χ4v) is 3.10. The van der Waals surface area contributed by atoms with Crippen molar-refractivity contribution in [3.63, 3.8) is 0 Å². The summed E-state index contributed by atoms with van der Waals surface area (Å²) in [6.45, 7) is 1.71. The third kappa shape index (κ3) is 6.24. The van der Waals surface area contributed by atoms with Gasteiger partial charge in [-0.15, -0.1) is 0 Å². The maximum atomic E-state index is 11.9. The molecule has 0 spiro atoms. The average Bonchev–Trinajstić information content (AvgIpc) is 3.19. The van der Waals surface area contributed by atoms with Gasteiger partial charge in [0.05, 0.1) is 12.1 Å². The molecule has 2 aromatic carbocycles. The van der Waals surface area contributed by atoms with Crippen molar-refractivity contribution in [1.29, 1.82) is 0 Å². The van der Waals surface area contributed by atoms with E-state index in [2.05, 4.69) is 25.6 Å². The van der Waals surface area contributed by atoms with E-state index in [4.69, 9.17) is 38.4 Å². The van der Waals surface area contributed by atoms with E-state index in [1.54, 1.807) is 25.3 Å². The van der Waals surface area contributed by atoms with E-state index in [0.29, 0.717) is 47.8 Å². The Kier molecular flexibility index (Phi) is 7.94. The first-order valence-corrected chi connectivity index (χ1v) is 10.0. The predicted octanol–water partition coefficient (Wildman–Crippen LogP) is 3.07. The second-order valence-electron chi connectivity index (χ2n) is 6.45. The SMILES string of the molecule is COc1cc(CNCCNC(=O)c2nonc2N)cc(Cl)c1OCc1ccc(Cl)cc1. The summed E-state index contributed by atoms with van der Waals surface area (Å²) in [7, 11) is 1.55. The highest BCUT2D eigenvalue weighted by atomic mass is 35.5. The Morgan fingerprint density at radius 3 is 2.58 bits per heavy atom. The Morgan fingerprint density at radius 1 is 1.13 bits per heavy atom. The number of nitrogens with zero attached hydrogens (tertiary/aromatic N) is 2. The van der Waals surface area contributed by atoms with Crippen LogP contribution in [0.15, 0.2) is 41.0 Å². The van der Waals surface area contributed by atoms with Crippen LogP contribution in [0.4, 0.5) is 5.82 Å². The molecule has 3 rings (SSSR count). The Balaban J connectivity index is 1.50. The van der Waals surface area contributed by atoms with Gasteiger partial charge in [0.25, 0.3) is 5.91 Å². The minimum Gasteiger partial charge on any atom is -0.493 e. The molecular formula is C20H21Cl2N5O4. The number of carbonyl (C=O) groups is 1. The zero-order valence-corrected chi connectivity index (χ0v) is 18.2. The molecule has 0 atom stereocenters. The molecule has 0 bridgehead atoms. The molecule has 0 aliphatic carbocycles. The summed E-state index contributed by atoms with van der Waals surface area (Å²) in [4.78, 5) is 11.9. The van der Waals surface area contributed by atoms with Crippen LogP contribution in [0.1, 0.15) is 21.6 Å². The predicted molar refractivity (Wildman–Crippen MR) is 117 cm³/mol. The van der Waals surface area contributed by atoms with Gasteiger partial charge < -0.3 is 25.8 Å². The van der Waals surface area contributed by atoms with E-state index < -0.39 is 5.91 Å². The molecule has 0 unspecified atom stereocenters. The van der Waals surface area contributed by atoms with E-state index in [1.807, 2.05) is 18.2 Å². The standard InChI is InChI=1S/C20H21Cl2N5O4/c1-29-16-9-13(10-24-6-7-25-20(28)17-19(23)27-31-26-17)8-15(22)18(16)30-11-12-2-4-14(21)5-3-12/h2-5,8-9,24H,6-7,10-11H2,1H3,(H2,23,27)(H,25,28). The number of nitrogen functional groups attached to an aromatic ring is 1. The van der Waals surface area contributed by atoms with E-state index in [0.717, 1.165) is 11.1 Å². The monoisotopic (exact) mass is 465 g/mol. The molecule has 0 aliphatic heterocycles. The molecule has 0 fully saturated rings. The van der Waals surface area contributed by atoms with Crippen molar-refractivity contribution >= 4 is 34.9 Å². The van der Waals surface area contributed by atoms with Gasteiger partial charge in [0, 0.05) is 24.7 Å². The van der Waals surface area contributed by atoms with E-state index in [9.17, 15) is 4.79 Å². The normalized spacial score (nSPS) is 10.7. The molecule has 0 saturated heterocycles. The van der Waals surface area contributed by atoms with Gasteiger partial charge in [0.15, 0.2) is 11.5 Å². The van der Waals surface area contributed by atoms with Gasteiger partial charge in [-0.25, -0.2) is 4.63 Å². The van der Waals surface area contributed by atoms with Crippen molar-refractivity contribution in [3.8, 4) is 11.5 Å². The summed E-state index contributed by atoms with van der Waals surface area (Å²) in [5.74, 6) is 0.493. The highest BCUT2D eigenvalue weighted by Crippen LogP contribution is 2.37. The first-order valence-electron chi connectivity index (χ1n) is 9.28. The molecule has 1 heterocycles. The number of hydrogen-bond donors (Lipinski definition) is 3. The molecule has 3 aromatic rings. The van der Waals surface area contributed by atoms with E-state index in [-0.39, 0.29) is 11.5 Å². The second-order valence-corrected chi connectivity index (χ2v) is 7.30. The van der Waals surface area contributed by atoms with Gasteiger partial charge >= 0.3 is 0 Å². The number of carbonyl (C=O) groups excluding carboxylic acids is 1. The second kappa shape index (κ2) is 10.9. The number of nitrogens with two attached hydrogens (primary N) is 1. The molecule has 0 aliphatic rings. The van der Waals surface area contributed by atoms with Crippen LogP contribution in [-0.2, 0) is 13.2 Å². The lowest BCUT2D eigenvalue weighted by Crippen LogP contribution is -2.32. The van der Waals surface area contributed by atoms with Crippen LogP contribution < -0.4 is 25.8 Å². The van der Waals surface area contributed by atoms with Crippen LogP contribution >= 0.6 is 23.2 Å². The maximum Gasteiger partial charge on any atom is 0.277 e. The number of ether oxygens (including phenoxy) is 2. The average molecular weight is 466 g/mol. The third-order valence-corrected chi connectivity index (χ3v) is 4.76. The van der Waals surface area contributed by atoms with Crippen molar-refractivity contribution in [2.75, 3.05) is 25.9 Å². The van der Waals surface area contributed by atoms with Crippen molar-refractivity contribution in [3.05, 3.63) is 63.3 Å². The first kappa shape index (κ1) is 22.7. The number of nitrogens with one attached hydrogen (secondary N) is 2. The molecule has 1 amide bonds. The van der Waals surface area contributed by atoms with Gasteiger partial charge in [-0.1, -0.05) is 35.3 Å². The number of halogens is 2. The lowest BCUT2D eigenvalue weighted by Gasteiger charge is -2.15. The van der Waals surface area contributed by atoms with Crippen LogP contribution in [0, 0.1) is 0 Å². The van der Waals surface area contributed by atoms with Crippen LogP contribution in [-0.4, -0.2) is 36.4 Å². The van der Waals surface area contributed by atoms with Gasteiger partial charge in [-0.3, -0.25) is 4.79 Å². The quantitative estimate of drug-likeness (QED) is 0.390. The van der Waals surface area contributed by atoms with Gasteiger partial charge in [-0.05, 0) is 45.7 Å². The number of rotatable bonds is 10. The topological polar surface area (TPSA) is 125 Å². The summed E-state index contributed by atoms with van der Waals surface area (Å²) >= 11 is 12.3. The Labute approximate surface area is 188 Å². The van der Waals surface area contributed by atoms with Crippen molar-refractivity contribution in [2.24, 2.45) is 0 Å². The number of anilines is 1. The van der Waals surface area contributed by atoms with Crippen LogP contribution in [0.5, 0.6) is 11.5 Å². The highest BCUT2D eigenvalue weighted by molar-refractivity contribution is 6.32. The molecule has 0 saturated carbocycles. The minimum atomic E-state index is -0.451. The van der Waals surface area contributed by atoms with Crippen molar-refractivity contribution in [1.82, 2.24) is 20.9 Å². The number of hydrogen-bond acceptors (Lipinski definition) is 8. The molecule has 0 radical (unpaired) electrons. The summed E-state index contributed by atoms with van der Waals surface area (Å²) in [6, 6.07) is 11.0. The molecule has 4 N–H and O–H groups in total. The summed E-state index contributed by atoms with van der Waals surface area (Å²) < 4.78 is 15.7. The third-order valence-electron chi connectivity index (χ3n) is 4.23. The fourth-order valence-electron chi connectivity index (χ4n) is 2.69. The number of methoxy groups -OCH3 is 1. The summed E-state index contributed by atoms with van der Waals surface area (Å²) in [5.41, 5.74) is 7.30. The van der Waals surface area contributed by atoms with Gasteiger partial charge in [0.1, 0.15) is 6.61 Å². The minimum absolute atomic E-state index is 0.0364. The van der Waals surface area contributed by atoms with Crippen LogP contribution in [0.2, 0.25) is 10.0 Å². The molecule has 11 heteroatoms. The zero-order chi connectivity index (χ0) is 22.2. The molecule has 31 heavy (non-hydrogen) atoms. The molecular weight excluding hydrogens is 445 g/mol. The molecule has 1 aromatic heterocycles. The zero-order valence-electron chi connectivity index (χ0n) is 16.7. The first-order chi connectivity index (χ1) is 15.0. The molecule has 9 nitrogen and oxygen atoms in total. The highest BCUT2D eigenvalue weighted by Gasteiger charge is 2.15. The van der Waals surface area contributed by atoms with Crippen molar-refractivity contribution < 1.29 is 18.9 Å². The van der Waals surface area contributed by atoms with Crippen molar-refractivity contribution in [2.45, 2.75) is 13.2 Å². The Morgan fingerprint density at radius 2 is 1.90 bits per heavy atom. The van der Waals surface area contributed by atoms with E-state index >= 15 is 0 Å². The van der Waals surface area contributed by atoms with E-state index in [1.165, 1.54) is 0 Å². The number of aromatic nitrogens is 2. The maximum absolute atomic E-state index is 11.9. The summed E-state index contributed by atoms with van der Waals surface area (Å²) in [5, 5.41) is 13.8. The number of amides is 1. The Bertz CT molecular complexity index is 1030. The fraction of sp³-hybridized carbons (Fsp3) is 0.250. The summed E-state index contributed by atoms with van der Waals surface area (Å²) in [6.07, 6.45) is 0. The van der Waals surface area contributed by atoms with Crippen LogP contribution in [0.25, 0.3) is 0 Å². The van der Waals surface area contributed by atoms with Gasteiger partial charge in [-0.2, -0.15) is 0 Å². The van der Waals surface area contributed by atoms with Gasteiger partial charge in [0.2, 0.25) is 11.5 Å². The lowest BCUT2D eigenvalue weighted by atomic mass is 10.2. The number of benzene rings is 2. The molecule has 164 valence electrons. The smallest absolute Gasteiger partial charge is 0.277 e. The van der Waals surface area contributed by atoms with Crippen LogP contribution in [0.3, 0.4) is 0 Å².